The van der Waals surface area contributed by atoms with E-state index in [0.717, 1.165) is 10.0 Å². The van der Waals surface area contributed by atoms with Crippen molar-refractivity contribution in [2.24, 2.45) is 7.05 Å². The number of carbonyl (C=O) groups excluding carboxylic acids is 1. The molecule has 16 heavy (non-hydrogen) atoms. The highest BCUT2D eigenvalue weighted by Crippen LogP contribution is 2.17. The van der Waals surface area contributed by atoms with Crippen LogP contribution in [0.15, 0.2) is 41.1 Å². The monoisotopic (exact) mass is 278 g/mol. The number of rotatable bonds is 3. The molecule has 1 aromatic heterocycles. The molecule has 82 valence electrons. The minimum absolute atomic E-state index is 0.0272. The standard InChI is InChI=1S/C12H11BrN2O/c1-15-7-6-14-12(15)11(16)8-9-4-2-3-5-10(9)13/h2-7H,8H2,1H3. The summed E-state index contributed by atoms with van der Waals surface area (Å²) in [5, 5.41) is 0. The number of ketones is 1. The van der Waals surface area contributed by atoms with Gasteiger partial charge in [-0.3, -0.25) is 4.79 Å². The normalized spacial score (nSPS) is 10.4. The number of imidazole rings is 1. The topological polar surface area (TPSA) is 34.9 Å². The van der Waals surface area contributed by atoms with Crippen LogP contribution < -0.4 is 0 Å². The fourth-order valence-corrected chi connectivity index (χ4v) is 1.95. The number of hydrogen-bond donors (Lipinski definition) is 0. The summed E-state index contributed by atoms with van der Waals surface area (Å²) in [7, 11) is 1.82. The van der Waals surface area contributed by atoms with E-state index in [2.05, 4.69) is 20.9 Å². The Hall–Kier alpha value is -1.42. The molecule has 3 nitrogen and oxygen atoms in total. The largest absolute Gasteiger partial charge is 0.332 e. The molecule has 0 N–H and O–H groups in total. The van der Waals surface area contributed by atoms with Crippen molar-refractivity contribution in [3.05, 3.63) is 52.5 Å². The zero-order chi connectivity index (χ0) is 11.5. The van der Waals surface area contributed by atoms with Crippen LogP contribution in [0, 0.1) is 0 Å². The number of halogens is 1. The average molecular weight is 279 g/mol. The van der Waals surface area contributed by atoms with E-state index in [0.29, 0.717) is 12.2 Å². The Morgan fingerprint density at radius 2 is 2.19 bits per heavy atom. The van der Waals surface area contributed by atoms with Crippen LogP contribution in [0.25, 0.3) is 0 Å². The van der Waals surface area contributed by atoms with Crippen LogP contribution in [0.4, 0.5) is 0 Å². The number of nitrogens with zero attached hydrogens (tertiary/aromatic N) is 2. The predicted molar refractivity (Wildman–Crippen MR) is 65.4 cm³/mol. The van der Waals surface area contributed by atoms with Gasteiger partial charge in [-0.2, -0.15) is 0 Å². The Bertz CT molecular complexity index is 519. The maximum absolute atomic E-state index is 11.9. The summed E-state index contributed by atoms with van der Waals surface area (Å²) in [6, 6.07) is 7.72. The van der Waals surface area contributed by atoms with Crippen LogP contribution >= 0.6 is 15.9 Å². The van der Waals surface area contributed by atoms with Gasteiger partial charge in [0.05, 0.1) is 0 Å². The molecule has 0 aliphatic carbocycles. The van der Waals surface area contributed by atoms with Crippen molar-refractivity contribution < 1.29 is 4.79 Å². The minimum atomic E-state index is 0.0272. The Labute approximate surface area is 102 Å². The first-order chi connectivity index (χ1) is 7.68. The number of Topliss-reactive ketones (excluding diaryl/α,β-unsaturated/α-hetero) is 1. The molecule has 0 fully saturated rings. The number of carbonyl (C=O) groups is 1. The average Bonchev–Trinajstić information content (AvgIpc) is 2.68. The van der Waals surface area contributed by atoms with Gasteiger partial charge >= 0.3 is 0 Å². The van der Waals surface area contributed by atoms with Crippen LogP contribution in [0.1, 0.15) is 16.2 Å². The van der Waals surface area contributed by atoms with Crippen molar-refractivity contribution in [1.29, 1.82) is 0 Å². The van der Waals surface area contributed by atoms with Gasteiger partial charge in [0, 0.05) is 30.3 Å². The van der Waals surface area contributed by atoms with Gasteiger partial charge in [0.2, 0.25) is 5.78 Å². The number of hydrogen-bond acceptors (Lipinski definition) is 2. The molecule has 1 heterocycles. The lowest BCUT2D eigenvalue weighted by molar-refractivity contribution is 0.0980. The van der Waals surface area contributed by atoms with Crippen LogP contribution in [-0.4, -0.2) is 15.3 Å². The highest BCUT2D eigenvalue weighted by molar-refractivity contribution is 9.10. The Morgan fingerprint density at radius 3 is 2.81 bits per heavy atom. The second-order valence-corrected chi connectivity index (χ2v) is 4.41. The maximum Gasteiger partial charge on any atom is 0.202 e. The number of aryl methyl sites for hydroxylation is 1. The maximum atomic E-state index is 11.9. The van der Waals surface area contributed by atoms with Crippen molar-refractivity contribution >= 4 is 21.7 Å². The molecule has 0 aliphatic rings. The molecule has 0 unspecified atom stereocenters. The lowest BCUT2D eigenvalue weighted by Gasteiger charge is -2.03. The Balaban J connectivity index is 2.21. The molecular formula is C12H11BrN2O. The molecule has 0 radical (unpaired) electrons. The summed E-state index contributed by atoms with van der Waals surface area (Å²) in [6.07, 6.45) is 3.77. The molecule has 4 heteroatoms. The van der Waals surface area contributed by atoms with E-state index in [4.69, 9.17) is 0 Å². The van der Waals surface area contributed by atoms with Gasteiger partial charge < -0.3 is 4.57 Å². The molecule has 2 aromatic rings. The van der Waals surface area contributed by atoms with Gasteiger partial charge in [-0.25, -0.2) is 4.98 Å². The van der Waals surface area contributed by atoms with Crippen LogP contribution in [-0.2, 0) is 13.5 Å². The van der Waals surface area contributed by atoms with Gasteiger partial charge in [-0.1, -0.05) is 34.1 Å². The summed E-state index contributed by atoms with van der Waals surface area (Å²) in [4.78, 5) is 16.0. The zero-order valence-electron chi connectivity index (χ0n) is 8.85. The molecule has 0 aliphatic heterocycles. The van der Waals surface area contributed by atoms with Gasteiger partial charge in [0.25, 0.3) is 0 Å². The molecule has 1 aromatic carbocycles. The first-order valence-electron chi connectivity index (χ1n) is 4.92. The van der Waals surface area contributed by atoms with Gasteiger partial charge in [0.1, 0.15) is 0 Å². The zero-order valence-corrected chi connectivity index (χ0v) is 10.4. The quantitative estimate of drug-likeness (QED) is 0.809. The van der Waals surface area contributed by atoms with Crippen LogP contribution in [0.3, 0.4) is 0 Å². The molecule has 2 rings (SSSR count). The fraction of sp³-hybridized carbons (Fsp3) is 0.167. The lowest BCUT2D eigenvalue weighted by Crippen LogP contribution is -2.10. The summed E-state index contributed by atoms with van der Waals surface area (Å²) in [6.45, 7) is 0. The summed E-state index contributed by atoms with van der Waals surface area (Å²) in [5.41, 5.74) is 0.982. The van der Waals surface area contributed by atoms with Crippen molar-refractivity contribution in [3.63, 3.8) is 0 Å². The van der Waals surface area contributed by atoms with Gasteiger partial charge in [0.15, 0.2) is 5.82 Å². The third kappa shape index (κ3) is 2.22. The highest BCUT2D eigenvalue weighted by atomic mass is 79.9. The number of aromatic nitrogens is 2. The fourth-order valence-electron chi connectivity index (χ4n) is 1.53. The van der Waals surface area contributed by atoms with Gasteiger partial charge in [-0.05, 0) is 11.6 Å². The van der Waals surface area contributed by atoms with E-state index in [-0.39, 0.29) is 5.78 Å². The molecular weight excluding hydrogens is 268 g/mol. The SMILES string of the molecule is Cn1ccnc1C(=O)Cc1ccccc1Br. The lowest BCUT2D eigenvalue weighted by atomic mass is 10.1. The van der Waals surface area contributed by atoms with Crippen LogP contribution in [0.5, 0.6) is 0 Å². The second kappa shape index (κ2) is 4.61. The van der Waals surface area contributed by atoms with Crippen LogP contribution in [0.2, 0.25) is 0 Å². The first-order valence-corrected chi connectivity index (χ1v) is 5.71. The molecule has 0 saturated heterocycles. The minimum Gasteiger partial charge on any atom is -0.332 e. The molecule has 0 spiro atoms. The summed E-state index contributed by atoms with van der Waals surface area (Å²) >= 11 is 3.43. The smallest absolute Gasteiger partial charge is 0.202 e. The Kier molecular flexibility index (Phi) is 3.19. The van der Waals surface area contributed by atoms with E-state index in [9.17, 15) is 4.79 Å². The number of benzene rings is 1. The van der Waals surface area contributed by atoms with Crippen molar-refractivity contribution in [2.45, 2.75) is 6.42 Å². The van der Waals surface area contributed by atoms with Crippen molar-refractivity contribution in [1.82, 2.24) is 9.55 Å². The predicted octanol–water partition coefficient (Wildman–Crippen LogP) is 2.61. The third-order valence-electron chi connectivity index (χ3n) is 2.38. The Morgan fingerprint density at radius 1 is 1.44 bits per heavy atom. The van der Waals surface area contributed by atoms with Crippen molar-refractivity contribution in [3.8, 4) is 0 Å². The first kappa shape index (κ1) is 11.1. The van der Waals surface area contributed by atoms with Gasteiger partial charge in [-0.15, -0.1) is 0 Å². The molecule has 0 amide bonds. The molecule has 0 bridgehead atoms. The van der Waals surface area contributed by atoms with E-state index >= 15 is 0 Å². The second-order valence-electron chi connectivity index (χ2n) is 3.55. The van der Waals surface area contributed by atoms with E-state index in [1.54, 1.807) is 17.0 Å². The molecule has 0 saturated carbocycles. The van der Waals surface area contributed by atoms with E-state index < -0.39 is 0 Å². The van der Waals surface area contributed by atoms with Crippen molar-refractivity contribution in [2.75, 3.05) is 0 Å². The summed E-state index contributed by atoms with van der Waals surface area (Å²) < 4.78 is 2.69. The molecule has 0 atom stereocenters. The third-order valence-corrected chi connectivity index (χ3v) is 3.15. The van der Waals surface area contributed by atoms with E-state index in [1.807, 2.05) is 31.3 Å². The highest BCUT2D eigenvalue weighted by Gasteiger charge is 2.12. The van der Waals surface area contributed by atoms with E-state index in [1.165, 1.54) is 0 Å². The summed E-state index contributed by atoms with van der Waals surface area (Å²) in [5.74, 6) is 0.523.